The molecule has 0 aliphatic carbocycles. The van der Waals surface area contributed by atoms with Gasteiger partial charge in [0.1, 0.15) is 0 Å². The number of aromatic nitrogens is 5. The van der Waals surface area contributed by atoms with E-state index in [2.05, 4.69) is 0 Å². The molecule has 0 spiro atoms. The zero-order valence-corrected chi connectivity index (χ0v) is 18.9. The van der Waals surface area contributed by atoms with Crippen LogP contribution in [0, 0.1) is 6.92 Å². The highest BCUT2D eigenvalue weighted by Crippen LogP contribution is 2.29. The third-order valence-corrected chi connectivity index (χ3v) is 5.94. The summed E-state index contributed by atoms with van der Waals surface area (Å²) in [5.74, 6) is 0.577. The van der Waals surface area contributed by atoms with Gasteiger partial charge in [-0.1, -0.05) is 48.5 Å². The largest absolute Gasteiger partial charge is 0.380 e. The SMILES string of the molecule is CCOCCn1c(=O)c2c(nc3n(-c4ccccc4C)c(-c4ccccc4)cn23)n(C)c1=O. The van der Waals surface area contributed by atoms with Crippen molar-refractivity contribution in [3.63, 3.8) is 0 Å². The van der Waals surface area contributed by atoms with Crippen LogP contribution in [-0.2, 0) is 18.3 Å². The molecule has 0 atom stereocenters. The number of benzene rings is 2. The average Bonchev–Trinajstić information content (AvgIpc) is 3.37. The number of hydrogen-bond donors (Lipinski definition) is 0. The predicted molar refractivity (Wildman–Crippen MR) is 128 cm³/mol. The van der Waals surface area contributed by atoms with Gasteiger partial charge in [0.05, 0.1) is 24.5 Å². The molecule has 3 aromatic heterocycles. The monoisotopic (exact) mass is 443 g/mol. The first-order valence-corrected chi connectivity index (χ1v) is 11.0. The van der Waals surface area contributed by atoms with Gasteiger partial charge in [-0.15, -0.1) is 0 Å². The normalized spacial score (nSPS) is 11.6. The molecule has 2 aromatic carbocycles. The van der Waals surface area contributed by atoms with Crippen LogP contribution in [0.5, 0.6) is 0 Å². The molecule has 0 radical (unpaired) electrons. The summed E-state index contributed by atoms with van der Waals surface area (Å²) in [6.07, 6.45) is 1.92. The van der Waals surface area contributed by atoms with Crippen molar-refractivity contribution in [2.45, 2.75) is 20.4 Å². The van der Waals surface area contributed by atoms with E-state index in [1.54, 1.807) is 11.4 Å². The standard InChI is InChI=1S/C25H25N5O3/c1-4-33-15-14-28-23(31)21-22(27(3)25(28)32)26-24-29(21)16-20(18-11-6-5-7-12-18)30(24)19-13-9-8-10-17(19)2/h5-13,16H,4,14-15H2,1-3H3. The maximum Gasteiger partial charge on any atom is 0.332 e. The fourth-order valence-corrected chi connectivity index (χ4v) is 4.26. The van der Waals surface area contributed by atoms with E-state index in [0.717, 1.165) is 22.5 Å². The fourth-order valence-electron chi connectivity index (χ4n) is 4.26. The minimum Gasteiger partial charge on any atom is -0.380 e. The zero-order chi connectivity index (χ0) is 23.1. The van der Waals surface area contributed by atoms with Gasteiger partial charge < -0.3 is 4.74 Å². The van der Waals surface area contributed by atoms with E-state index in [0.29, 0.717) is 30.2 Å². The molecular weight excluding hydrogens is 418 g/mol. The molecule has 0 N–H and O–H groups in total. The Labute approximate surface area is 189 Å². The van der Waals surface area contributed by atoms with Crippen molar-refractivity contribution in [2.75, 3.05) is 13.2 Å². The number of ether oxygens (including phenoxy) is 1. The lowest BCUT2D eigenvalue weighted by Gasteiger charge is -2.11. The first kappa shape index (κ1) is 21.0. The first-order valence-electron chi connectivity index (χ1n) is 11.0. The third kappa shape index (κ3) is 3.30. The number of para-hydroxylation sites is 1. The minimum atomic E-state index is -0.404. The van der Waals surface area contributed by atoms with Crippen molar-refractivity contribution in [1.29, 1.82) is 0 Å². The Morgan fingerprint density at radius 2 is 1.73 bits per heavy atom. The van der Waals surface area contributed by atoms with E-state index < -0.39 is 5.69 Å². The van der Waals surface area contributed by atoms with Crippen molar-refractivity contribution in [3.05, 3.63) is 87.2 Å². The lowest BCUT2D eigenvalue weighted by molar-refractivity contribution is 0.137. The second-order valence-electron chi connectivity index (χ2n) is 7.95. The topological polar surface area (TPSA) is 75.5 Å². The molecule has 0 saturated carbocycles. The summed E-state index contributed by atoms with van der Waals surface area (Å²) in [6.45, 7) is 4.92. The van der Waals surface area contributed by atoms with Crippen LogP contribution >= 0.6 is 0 Å². The van der Waals surface area contributed by atoms with Gasteiger partial charge in [-0.05, 0) is 25.5 Å². The zero-order valence-electron chi connectivity index (χ0n) is 18.9. The van der Waals surface area contributed by atoms with Crippen molar-refractivity contribution >= 4 is 16.9 Å². The lowest BCUT2D eigenvalue weighted by atomic mass is 10.1. The summed E-state index contributed by atoms with van der Waals surface area (Å²) in [5.41, 5.74) is 3.89. The van der Waals surface area contributed by atoms with E-state index in [9.17, 15) is 9.59 Å². The van der Waals surface area contributed by atoms with Crippen molar-refractivity contribution in [1.82, 2.24) is 23.1 Å². The van der Waals surface area contributed by atoms with Gasteiger partial charge >= 0.3 is 5.69 Å². The first-order chi connectivity index (χ1) is 16.0. The summed E-state index contributed by atoms with van der Waals surface area (Å²) in [4.78, 5) is 31.1. The maximum atomic E-state index is 13.5. The Hall–Kier alpha value is -3.91. The van der Waals surface area contributed by atoms with Crippen LogP contribution < -0.4 is 11.2 Å². The number of nitrogens with zero attached hydrogens (tertiary/aromatic N) is 5. The van der Waals surface area contributed by atoms with Gasteiger partial charge in [0.15, 0.2) is 11.2 Å². The van der Waals surface area contributed by atoms with E-state index in [1.165, 1.54) is 9.13 Å². The number of hydrogen-bond acceptors (Lipinski definition) is 4. The van der Waals surface area contributed by atoms with Crippen molar-refractivity contribution < 1.29 is 4.74 Å². The molecule has 8 heteroatoms. The van der Waals surface area contributed by atoms with Gasteiger partial charge in [-0.25, -0.2) is 4.79 Å². The molecule has 168 valence electrons. The lowest BCUT2D eigenvalue weighted by Crippen LogP contribution is -2.40. The molecule has 3 heterocycles. The van der Waals surface area contributed by atoms with Crippen molar-refractivity contribution in [3.8, 4) is 16.9 Å². The van der Waals surface area contributed by atoms with Crippen LogP contribution in [0.2, 0.25) is 0 Å². The van der Waals surface area contributed by atoms with Crippen LogP contribution in [0.1, 0.15) is 12.5 Å². The molecule has 0 aliphatic heterocycles. The molecule has 8 nitrogen and oxygen atoms in total. The quantitative estimate of drug-likeness (QED) is 0.378. The predicted octanol–water partition coefficient (Wildman–Crippen LogP) is 3.15. The smallest absolute Gasteiger partial charge is 0.332 e. The molecule has 0 aliphatic rings. The molecule has 0 amide bonds. The average molecular weight is 444 g/mol. The van der Waals surface area contributed by atoms with Gasteiger partial charge in [-0.2, -0.15) is 4.98 Å². The Bertz CT molecular complexity index is 1590. The van der Waals surface area contributed by atoms with Gasteiger partial charge in [0.2, 0.25) is 5.78 Å². The third-order valence-electron chi connectivity index (χ3n) is 5.94. The molecule has 0 bridgehead atoms. The Morgan fingerprint density at radius 1 is 1.00 bits per heavy atom. The summed E-state index contributed by atoms with van der Waals surface area (Å²) < 4.78 is 11.9. The van der Waals surface area contributed by atoms with Gasteiger partial charge in [0, 0.05) is 25.4 Å². The number of fused-ring (bicyclic) bond motifs is 3. The maximum absolute atomic E-state index is 13.5. The minimum absolute atomic E-state index is 0.187. The van der Waals surface area contributed by atoms with E-state index >= 15 is 0 Å². The van der Waals surface area contributed by atoms with Crippen LogP contribution in [0.3, 0.4) is 0 Å². The number of imidazole rings is 2. The summed E-state index contributed by atoms with van der Waals surface area (Å²) >= 11 is 0. The fraction of sp³-hybridized carbons (Fsp3) is 0.240. The van der Waals surface area contributed by atoms with E-state index in [4.69, 9.17) is 9.72 Å². The highest BCUT2D eigenvalue weighted by Gasteiger charge is 2.22. The summed E-state index contributed by atoms with van der Waals surface area (Å²) in [5, 5.41) is 0. The molecule has 33 heavy (non-hydrogen) atoms. The molecule has 0 fully saturated rings. The van der Waals surface area contributed by atoms with E-state index in [-0.39, 0.29) is 12.1 Å². The van der Waals surface area contributed by atoms with Crippen LogP contribution in [0.4, 0.5) is 0 Å². The number of rotatable bonds is 6. The Balaban J connectivity index is 1.88. The van der Waals surface area contributed by atoms with E-state index in [1.807, 2.05) is 79.2 Å². The summed E-state index contributed by atoms with van der Waals surface area (Å²) in [7, 11) is 1.64. The second kappa shape index (κ2) is 8.22. The highest BCUT2D eigenvalue weighted by molar-refractivity contribution is 5.79. The molecule has 5 aromatic rings. The summed E-state index contributed by atoms with van der Waals surface area (Å²) in [6, 6.07) is 18.0. The van der Waals surface area contributed by atoms with Crippen LogP contribution in [0.15, 0.2) is 70.4 Å². The van der Waals surface area contributed by atoms with Crippen LogP contribution in [-0.4, -0.2) is 36.3 Å². The highest BCUT2D eigenvalue weighted by atomic mass is 16.5. The Kier molecular flexibility index (Phi) is 5.22. The molecular formula is C25H25N5O3. The molecule has 0 unspecified atom stereocenters. The van der Waals surface area contributed by atoms with Gasteiger partial charge in [-0.3, -0.25) is 22.9 Å². The van der Waals surface area contributed by atoms with Crippen molar-refractivity contribution in [2.24, 2.45) is 7.05 Å². The Morgan fingerprint density at radius 3 is 2.45 bits per heavy atom. The van der Waals surface area contributed by atoms with Gasteiger partial charge in [0.25, 0.3) is 5.56 Å². The molecule has 0 saturated heterocycles. The number of aryl methyl sites for hydroxylation is 2. The van der Waals surface area contributed by atoms with Crippen LogP contribution in [0.25, 0.3) is 33.9 Å². The second-order valence-corrected chi connectivity index (χ2v) is 7.95. The molecule has 5 rings (SSSR count).